The Kier molecular flexibility index (Phi) is 4.10. The van der Waals surface area contributed by atoms with Crippen molar-refractivity contribution in [1.29, 1.82) is 0 Å². The van der Waals surface area contributed by atoms with E-state index in [1.165, 1.54) is 4.90 Å². The van der Waals surface area contributed by atoms with Crippen molar-refractivity contribution in [3.63, 3.8) is 0 Å². The highest BCUT2D eigenvalue weighted by Crippen LogP contribution is 2.22. The molecule has 0 saturated carbocycles. The number of amides is 2. The first-order valence-corrected chi connectivity index (χ1v) is 6.09. The minimum atomic E-state index is -1.35. The molecule has 1 aliphatic rings. The summed E-state index contributed by atoms with van der Waals surface area (Å²) in [4.78, 5) is 34.2. The molecule has 1 aromatic rings. The van der Waals surface area contributed by atoms with Gasteiger partial charge in [-0.3, -0.25) is 19.7 Å². The van der Waals surface area contributed by atoms with Gasteiger partial charge in [0.1, 0.15) is 5.82 Å². The van der Waals surface area contributed by atoms with Crippen LogP contribution in [0.25, 0.3) is 0 Å². The molecule has 112 valence electrons. The summed E-state index contributed by atoms with van der Waals surface area (Å²) < 4.78 is 26.9. The molecule has 2 rings (SSSR count). The number of nitrogens with zero attached hydrogens (tertiary/aromatic N) is 2. The summed E-state index contributed by atoms with van der Waals surface area (Å²) in [7, 11) is 0. The van der Waals surface area contributed by atoms with Gasteiger partial charge in [-0.2, -0.15) is 4.39 Å². The molecule has 0 aliphatic carbocycles. The fourth-order valence-electron chi connectivity index (χ4n) is 1.98. The van der Waals surface area contributed by atoms with E-state index in [0.29, 0.717) is 12.1 Å². The molecule has 0 aromatic heterocycles. The second-order valence-corrected chi connectivity index (χ2v) is 4.43. The van der Waals surface area contributed by atoms with Crippen molar-refractivity contribution in [2.75, 3.05) is 19.6 Å². The Morgan fingerprint density at radius 1 is 1.29 bits per heavy atom. The van der Waals surface area contributed by atoms with E-state index in [9.17, 15) is 28.5 Å². The van der Waals surface area contributed by atoms with Crippen LogP contribution in [-0.2, 0) is 4.79 Å². The Balaban J connectivity index is 2.32. The zero-order valence-corrected chi connectivity index (χ0v) is 10.8. The number of rotatable bonds is 2. The SMILES string of the molecule is O=C1CCN(C(=O)c2cc([N+](=O)[O-])c(F)cc2F)CCN1. The number of carbonyl (C=O) groups excluding carboxylic acids is 2. The standard InChI is InChI=1S/C12H11F2N3O4/c13-8-6-9(14)10(17(20)21)5-7(8)12(19)16-3-1-11(18)15-2-4-16/h5-6H,1-4H2,(H,15,18). The molecule has 1 fully saturated rings. The molecule has 2 amide bonds. The third-order valence-corrected chi connectivity index (χ3v) is 3.06. The zero-order chi connectivity index (χ0) is 15.6. The highest BCUT2D eigenvalue weighted by molar-refractivity contribution is 5.95. The number of nitrogens with one attached hydrogen (secondary N) is 1. The Morgan fingerprint density at radius 2 is 2.00 bits per heavy atom. The molecule has 0 spiro atoms. The second kappa shape index (κ2) is 5.81. The molecule has 0 bridgehead atoms. The van der Waals surface area contributed by atoms with Crippen LogP contribution in [0.4, 0.5) is 14.5 Å². The van der Waals surface area contributed by atoms with Crippen molar-refractivity contribution >= 4 is 17.5 Å². The molecule has 0 radical (unpaired) electrons. The van der Waals surface area contributed by atoms with Gasteiger partial charge >= 0.3 is 5.69 Å². The summed E-state index contributed by atoms with van der Waals surface area (Å²) in [6.07, 6.45) is 0.0522. The number of benzene rings is 1. The van der Waals surface area contributed by atoms with Gasteiger partial charge in [0.05, 0.1) is 10.5 Å². The highest BCUT2D eigenvalue weighted by atomic mass is 19.1. The first kappa shape index (κ1) is 14.8. The maximum atomic E-state index is 13.7. The van der Waals surface area contributed by atoms with E-state index in [-0.39, 0.29) is 32.0 Å². The first-order valence-electron chi connectivity index (χ1n) is 6.09. The molecule has 1 saturated heterocycles. The molecule has 1 N–H and O–H groups in total. The van der Waals surface area contributed by atoms with Crippen LogP contribution in [0.3, 0.4) is 0 Å². The van der Waals surface area contributed by atoms with Gasteiger partial charge in [0, 0.05) is 38.2 Å². The topological polar surface area (TPSA) is 92.5 Å². The van der Waals surface area contributed by atoms with Gasteiger partial charge in [-0.25, -0.2) is 4.39 Å². The average Bonchev–Trinajstić information content (AvgIpc) is 2.62. The second-order valence-electron chi connectivity index (χ2n) is 4.43. The van der Waals surface area contributed by atoms with Gasteiger partial charge in [-0.1, -0.05) is 0 Å². The van der Waals surface area contributed by atoms with Gasteiger partial charge in [0.25, 0.3) is 5.91 Å². The number of hydrogen-bond donors (Lipinski definition) is 1. The van der Waals surface area contributed by atoms with Gasteiger partial charge in [-0.05, 0) is 0 Å². The van der Waals surface area contributed by atoms with Crippen molar-refractivity contribution in [2.24, 2.45) is 0 Å². The van der Waals surface area contributed by atoms with Crippen LogP contribution in [0, 0.1) is 21.7 Å². The third kappa shape index (κ3) is 3.12. The molecule has 1 aromatic carbocycles. The quantitative estimate of drug-likeness (QED) is 0.647. The number of halogens is 2. The summed E-state index contributed by atoms with van der Waals surface area (Å²) >= 11 is 0. The lowest BCUT2D eigenvalue weighted by Crippen LogP contribution is -2.34. The maximum absolute atomic E-state index is 13.7. The van der Waals surface area contributed by atoms with Crippen LogP contribution >= 0.6 is 0 Å². The predicted molar refractivity (Wildman–Crippen MR) is 66.5 cm³/mol. The minimum absolute atomic E-state index is 0.0522. The van der Waals surface area contributed by atoms with Gasteiger partial charge < -0.3 is 10.2 Å². The number of carbonyl (C=O) groups is 2. The Bertz CT molecular complexity index is 621. The average molecular weight is 299 g/mol. The van der Waals surface area contributed by atoms with Crippen molar-refractivity contribution in [3.8, 4) is 0 Å². The number of hydrogen-bond acceptors (Lipinski definition) is 4. The van der Waals surface area contributed by atoms with Gasteiger partial charge in [-0.15, -0.1) is 0 Å². The highest BCUT2D eigenvalue weighted by Gasteiger charge is 2.26. The lowest BCUT2D eigenvalue weighted by Gasteiger charge is -2.19. The van der Waals surface area contributed by atoms with Gasteiger partial charge in [0.15, 0.2) is 0 Å². The van der Waals surface area contributed by atoms with Crippen molar-refractivity contribution in [1.82, 2.24) is 10.2 Å². The molecular formula is C12H11F2N3O4. The third-order valence-electron chi connectivity index (χ3n) is 3.06. The van der Waals surface area contributed by atoms with E-state index in [1.54, 1.807) is 0 Å². The molecule has 7 nitrogen and oxygen atoms in total. The Hall–Kier alpha value is -2.58. The van der Waals surface area contributed by atoms with E-state index in [2.05, 4.69) is 5.32 Å². The van der Waals surface area contributed by atoms with Crippen LogP contribution in [0.15, 0.2) is 12.1 Å². The van der Waals surface area contributed by atoms with Crippen molar-refractivity contribution in [2.45, 2.75) is 6.42 Å². The monoisotopic (exact) mass is 299 g/mol. The lowest BCUT2D eigenvalue weighted by atomic mass is 10.1. The van der Waals surface area contributed by atoms with Crippen LogP contribution < -0.4 is 5.32 Å². The van der Waals surface area contributed by atoms with Crippen molar-refractivity contribution < 1.29 is 23.3 Å². The molecule has 1 heterocycles. The molecule has 0 atom stereocenters. The maximum Gasteiger partial charge on any atom is 0.305 e. The Labute approximate surface area is 117 Å². The minimum Gasteiger partial charge on any atom is -0.354 e. The predicted octanol–water partition coefficient (Wildman–Crippen LogP) is 0.835. The van der Waals surface area contributed by atoms with Crippen molar-refractivity contribution in [3.05, 3.63) is 39.4 Å². The fourth-order valence-corrected chi connectivity index (χ4v) is 1.98. The van der Waals surface area contributed by atoms with Gasteiger partial charge in [0.2, 0.25) is 11.7 Å². The van der Waals surface area contributed by atoms with Crippen LogP contribution in [0.1, 0.15) is 16.8 Å². The summed E-state index contributed by atoms with van der Waals surface area (Å²) in [5, 5.41) is 13.2. The lowest BCUT2D eigenvalue weighted by molar-refractivity contribution is -0.387. The van der Waals surface area contributed by atoms with E-state index in [1.807, 2.05) is 0 Å². The fraction of sp³-hybridized carbons (Fsp3) is 0.333. The summed E-state index contributed by atoms with van der Waals surface area (Å²) in [5.74, 6) is -3.57. The summed E-state index contributed by atoms with van der Waals surface area (Å²) in [6, 6.07) is 0.889. The van der Waals surface area contributed by atoms with Crippen LogP contribution in [0.5, 0.6) is 0 Å². The van der Waals surface area contributed by atoms with Crippen LogP contribution in [0.2, 0.25) is 0 Å². The molecule has 0 unspecified atom stereocenters. The molecule has 9 heteroatoms. The smallest absolute Gasteiger partial charge is 0.305 e. The van der Waals surface area contributed by atoms with E-state index in [0.717, 1.165) is 0 Å². The first-order chi connectivity index (χ1) is 9.90. The van der Waals surface area contributed by atoms with E-state index >= 15 is 0 Å². The summed E-state index contributed by atoms with van der Waals surface area (Å²) in [5.41, 5.74) is -1.55. The number of nitro benzene ring substituents is 1. The largest absolute Gasteiger partial charge is 0.354 e. The molecule has 1 aliphatic heterocycles. The van der Waals surface area contributed by atoms with E-state index < -0.39 is 33.7 Å². The Morgan fingerprint density at radius 3 is 2.67 bits per heavy atom. The normalized spacial score (nSPS) is 15.3. The molecular weight excluding hydrogens is 288 g/mol. The number of nitro groups is 1. The zero-order valence-electron chi connectivity index (χ0n) is 10.8. The summed E-state index contributed by atoms with van der Waals surface area (Å²) in [6.45, 7) is 0.417. The molecule has 21 heavy (non-hydrogen) atoms. The van der Waals surface area contributed by atoms with E-state index in [4.69, 9.17) is 0 Å². The van der Waals surface area contributed by atoms with Crippen LogP contribution in [-0.4, -0.2) is 41.3 Å².